The van der Waals surface area contributed by atoms with Crippen molar-refractivity contribution in [2.45, 2.75) is 5.51 Å². The molecule has 0 N–H and O–H groups in total. The van der Waals surface area contributed by atoms with Crippen LogP contribution < -0.4 is 21.2 Å². The molecule has 0 saturated carbocycles. The highest BCUT2D eigenvalue weighted by atomic mass is 127. The summed E-state index contributed by atoms with van der Waals surface area (Å²) in [6.45, 7) is 0. The zero-order chi connectivity index (χ0) is 14.5. The van der Waals surface area contributed by atoms with Crippen LogP contribution in [0.25, 0.3) is 0 Å². The molecule has 0 fully saturated rings. The number of hydrogen-bond donors (Lipinski definition) is 0. The predicted molar refractivity (Wildman–Crippen MR) is 63.1 cm³/mol. The molecule has 1 rings (SSSR count). The fourth-order valence-corrected chi connectivity index (χ4v) is 4.44. The van der Waals surface area contributed by atoms with Gasteiger partial charge in [-0.2, -0.15) is 21.6 Å². The molecule has 0 spiro atoms. The maximum atomic E-state index is 12.1. The van der Waals surface area contributed by atoms with Gasteiger partial charge in [-0.05, 0) is 12.1 Å². The van der Waals surface area contributed by atoms with Crippen LogP contribution in [0.4, 0.5) is 13.2 Å². The highest BCUT2D eigenvalue weighted by molar-refractivity contribution is 9.09. The topological polar surface area (TPSA) is 43.4 Å². The van der Waals surface area contributed by atoms with Gasteiger partial charge in [-0.25, -0.2) is 0 Å². The molecule has 0 bridgehead atoms. The molecular weight excluding hydrogens is 464 g/mol. The maximum absolute atomic E-state index is 12.1. The van der Waals surface area contributed by atoms with E-state index in [0.29, 0.717) is 0 Å². The van der Waals surface area contributed by atoms with E-state index in [2.05, 4.69) is 20.1 Å². The van der Waals surface area contributed by atoms with Gasteiger partial charge in [0.15, 0.2) is 13.4 Å². The molecule has 0 aliphatic carbocycles. The minimum Gasteiger partial charge on any atom is -0.375 e. The monoisotopic (exact) mass is 471 g/mol. The summed E-state index contributed by atoms with van der Waals surface area (Å²) in [5.41, 5.74) is -5.42. The van der Waals surface area contributed by atoms with Crippen LogP contribution in [-0.2, 0) is 14.3 Å². The third kappa shape index (κ3) is 5.30. The maximum Gasteiger partial charge on any atom is 0.534 e. The Morgan fingerprint density at radius 3 is 2.37 bits per heavy atom. The first kappa shape index (κ1) is 16.8. The van der Waals surface area contributed by atoms with Crippen molar-refractivity contribution in [1.29, 1.82) is 0 Å². The Morgan fingerprint density at radius 1 is 1.32 bits per heavy atom. The smallest absolute Gasteiger partial charge is 0.375 e. The van der Waals surface area contributed by atoms with Crippen LogP contribution in [0.5, 0.6) is 0 Å². The van der Waals surface area contributed by atoms with Crippen molar-refractivity contribution in [3.63, 3.8) is 0 Å². The van der Waals surface area contributed by atoms with Gasteiger partial charge in [-0.3, -0.25) is 0 Å². The second-order valence-electron chi connectivity index (χ2n) is 3.10. The molecule has 106 valence electrons. The van der Waals surface area contributed by atoms with Crippen LogP contribution >= 0.6 is 15.9 Å². The van der Waals surface area contributed by atoms with E-state index in [-0.39, 0.29) is 11.1 Å². The standard InChI is InChI=1S/C10H8BrF3IO3S/c11-6-9(18-19(16,17)10(12,13)14)7-15-8-4-2-1-3-5-8/h1-5,7H,6H2/q+1/b9-7+. The Hall–Kier alpha value is -0.290. The number of rotatable bonds is 5. The first-order valence-corrected chi connectivity index (χ1v) is 9.56. The van der Waals surface area contributed by atoms with E-state index < -0.39 is 36.8 Å². The molecule has 0 amide bonds. The summed E-state index contributed by atoms with van der Waals surface area (Å²) < 4.78 is 64.5. The van der Waals surface area contributed by atoms with Gasteiger partial charge in [-0.1, -0.05) is 34.1 Å². The van der Waals surface area contributed by atoms with Gasteiger partial charge in [0, 0.05) is 0 Å². The molecule has 0 aliphatic heterocycles. The summed E-state index contributed by atoms with van der Waals surface area (Å²) in [6, 6.07) is 9.03. The highest BCUT2D eigenvalue weighted by Gasteiger charge is 2.49. The van der Waals surface area contributed by atoms with Crippen LogP contribution in [0.1, 0.15) is 0 Å². The van der Waals surface area contributed by atoms with Crippen LogP contribution in [0.15, 0.2) is 40.2 Å². The Balaban J connectivity index is 2.80. The third-order valence-electron chi connectivity index (χ3n) is 1.67. The normalized spacial score (nSPS) is 13.4. The lowest BCUT2D eigenvalue weighted by atomic mass is 10.4. The van der Waals surface area contributed by atoms with Crippen molar-refractivity contribution in [2.24, 2.45) is 0 Å². The van der Waals surface area contributed by atoms with Gasteiger partial charge in [0.2, 0.25) is 0 Å². The van der Waals surface area contributed by atoms with Crippen molar-refractivity contribution in [3.8, 4) is 0 Å². The highest BCUT2D eigenvalue weighted by Crippen LogP contribution is 2.26. The SMILES string of the molecule is O=S(=O)(O/C(=C/[I+]c1ccccc1)CBr)C(F)(F)F. The van der Waals surface area contributed by atoms with Crippen molar-refractivity contribution in [3.05, 3.63) is 43.7 Å². The number of hydrogen-bond acceptors (Lipinski definition) is 3. The fourth-order valence-electron chi connectivity index (χ4n) is 0.869. The van der Waals surface area contributed by atoms with Crippen LogP contribution in [0, 0.1) is 3.57 Å². The molecule has 1 aromatic carbocycles. The number of halogens is 5. The van der Waals surface area contributed by atoms with Gasteiger partial charge in [0.1, 0.15) is 0 Å². The molecule has 0 heterocycles. The molecule has 0 radical (unpaired) electrons. The van der Waals surface area contributed by atoms with Gasteiger partial charge >= 0.3 is 36.8 Å². The van der Waals surface area contributed by atoms with E-state index >= 15 is 0 Å². The number of benzene rings is 1. The van der Waals surface area contributed by atoms with E-state index in [1.54, 1.807) is 12.1 Å². The van der Waals surface area contributed by atoms with Gasteiger partial charge in [-0.15, -0.1) is 0 Å². The Labute approximate surface area is 127 Å². The van der Waals surface area contributed by atoms with Crippen molar-refractivity contribution in [1.82, 2.24) is 0 Å². The van der Waals surface area contributed by atoms with Gasteiger partial charge < -0.3 is 4.18 Å². The molecule has 1 aromatic rings. The zero-order valence-corrected chi connectivity index (χ0v) is 13.8. The molecule has 9 heteroatoms. The molecule has 0 aliphatic rings. The Kier molecular flexibility index (Phi) is 6.12. The molecule has 0 aromatic heterocycles. The Morgan fingerprint density at radius 2 is 1.89 bits per heavy atom. The van der Waals surface area contributed by atoms with Crippen molar-refractivity contribution < 1.29 is 47.0 Å². The lowest BCUT2D eigenvalue weighted by molar-refractivity contribution is -0.558. The first-order chi connectivity index (χ1) is 8.76. The zero-order valence-electron chi connectivity index (χ0n) is 9.19. The summed E-state index contributed by atoms with van der Waals surface area (Å²) in [4.78, 5) is 0. The fraction of sp³-hybridized carbons (Fsp3) is 0.200. The molecule has 0 atom stereocenters. The predicted octanol–water partition coefficient (Wildman–Crippen LogP) is 0.0477. The molecular formula is C10H8BrF3IO3S+. The summed E-state index contributed by atoms with van der Waals surface area (Å²) in [5.74, 6) is -0.256. The summed E-state index contributed by atoms with van der Waals surface area (Å²) in [6.07, 6.45) is 0. The molecule has 0 unspecified atom stereocenters. The second-order valence-corrected chi connectivity index (χ2v) is 7.69. The van der Waals surface area contributed by atoms with E-state index in [0.717, 1.165) is 3.57 Å². The van der Waals surface area contributed by atoms with E-state index in [4.69, 9.17) is 0 Å². The van der Waals surface area contributed by atoms with E-state index in [1.807, 2.05) is 18.2 Å². The minimum absolute atomic E-state index is 0.102. The second kappa shape index (κ2) is 6.93. The van der Waals surface area contributed by atoms with Gasteiger partial charge in [0.25, 0.3) is 0 Å². The lowest BCUT2D eigenvalue weighted by Gasteiger charge is -2.08. The average Bonchev–Trinajstić information content (AvgIpc) is 2.34. The summed E-state index contributed by atoms with van der Waals surface area (Å²) >= 11 is 2.14. The van der Waals surface area contributed by atoms with Crippen molar-refractivity contribution >= 4 is 26.0 Å². The van der Waals surface area contributed by atoms with E-state index in [1.165, 1.54) is 4.08 Å². The molecule has 19 heavy (non-hydrogen) atoms. The summed E-state index contributed by atoms with van der Waals surface area (Å²) in [7, 11) is -5.59. The lowest BCUT2D eigenvalue weighted by Crippen LogP contribution is -3.59. The van der Waals surface area contributed by atoms with Crippen LogP contribution in [0.2, 0.25) is 0 Å². The average molecular weight is 472 g/mol. The minimum atomic E-state index is -5.59. The van der Waals surface area contributed by atoms with Gasteiger partial charge in [0.05, 0.1) is 5.33 Å². The molecule has 3 nitrogen and oxygen atoms in total. The number of alkyl halides is 4. The van der Waals surface area contributed by atoms with Crippen molar-refractivity contribution in [2.75, 3.05) is 5.33 Å². The quantitative estimate of drug-likeness (QED) is 0.200. The number of allylic oxidation sites excluding steroid dienone is 1. The largest absolute Gasteiger partial charge is 0.534 e. The summed E-state index contributed by atoms with van der Waals surface area (Å²) in [5, 5.41) is -0.102. The van der Waals surface area contributed by atoms with Crippen LogP contribution in [-0.4, -0.2) is 19.3 Å². The van der Waals surface area contributed by atoms with E-state index in [9.17, 15) is 21.6 Å². The molecule has 0 saturated heterocycles. The Bertz CT molecular complexity index is 543. The first-order valence-electron chi connectivity index (χ1n) is 4.70. The van der Waals surface area contributed by atoms with Crippen LogP contribution in [0.3, 0.4) is 0 Å². The third-order valence-corrected chi connectivity index (χ3v) is 5.66.